The van der Waals surface area contributed by atoms with Gasteiger partial charge in [0.2, 0.25) is 5.91 Å². The Hall–Kier alpha value is -1.94. The van der Waals surface area contributed by atoms with Crippen molar-refractivity contribution in [3.05, 3.63) is 41.6 Å². The third-order valence-electron chi connectivity index (χ3n) is 3.20. The molecule has 4 heteroatoms. The third-order valence-corrected chi connectivity index (χ3v) is 3.20. The molecule has 1 atom stereocenters. The van der Waals surface area contributed by atoms with E-state index in [1.54, 1.807) is 0 Å². The highest BCUT2D eigenvalue weighted by molar-refractivity contribution is 5.85. The van der Waals surface area contributed by atoms with Crippen LogP contribution in [0.4, 0.5) is 0 Å². The highest BCUT2D eigenvalue weighted by atomic mass is 16.1. The fourth-order valence-corrected chi connectivity index (χ4v) is 2.16. The van der Waals surface area contributed by atoms with Crippen molar-refractivity contribution in [1.82, 2.24) is 10.3 Å². The van der Waals surface area contributed by atoms with Gasteiger partial charge < -0.3 is 11.1 Å². The number of aromatic nitrogens is 1. The maximum absolute atomic E-state index is 11.6. The number of benzene rings is 1. The Morgan fingerprint density at radius 3 is 2.70 bits per heavy atom. The maximum atomic E-state index is 11.6. The summed E-state index contributed by atoms with van der Waals surface area (Å²) in [6, 6.07) is 9.35. The van der Waals surface area contributed by atoms with Gasteiger partial charge in [0.15, 0.2) is 0 Å². The second-order valence-corrected chi connectivity index (χ2v) is 5.54. The van der Waals surface area contributed by atoms with Gasteiger partial charge in [-0.3, -0.25) is 9.78 Å². The van der Waals surface area contributed by atoms with Crippen molar-refractivity contribution in [2.24, 2.45) is 11.7 Å². The fraction of sp³-hybridized carbons (Fsp3) is 0.375. The molecule has 2 aromatic rings. The number of hydrogen-bond donors (Lipinski definition) is 2. The van der Waals surface area contributed by atoms with Crippen LogP contribution < -0.4 is 11.1 Å². The molecule has 0 fully saturated rings. The Bertz CT molecular complexity index is 622. The summed E-state index contributed by atoms with van der Waals surface area (Å²) in [6.45, 7) is 6.90. The summed E-state index contributed by atoms with van der Waals surface area (Å²) in [5.74, 6) is 0.103. The lowest BCUT2D eigenvalue weighted by Crippen LogP contribution is -2.35. The minimum absolute atomic E-state index is 0.356. The Labute approximate surface area is 119 Å². The summed E-state index contributed by atoms with van der Waals surface area (Å²) in [6.07, 6.45) is 0. The summed E-state index contributed by atoms with van der Waals surface area (Å²) in [7, 11) is 0. The Morgan fingerprint density at radius 1 is 1.30 bits per heavy atom. The molecule has 1 aromatic carbocycles. The van der Waals surface area contributed by atoms with Crippen LogP contribution in [0.2, 0.25) is 0 Å². The number of nitrogens with one attached hydrogen (secondary N) is 1. The van der Waals surface area contributed by atoms with Gasteiger partial charge in [-0.1, -0.05) is 26.0 Å². The first kappa shape index (κ1) is 14.5. The van der Waals surface area contributed by atoms with Crippen LogP contribution in [0.3, 0.4) is 0 Å². The first-order valence-corrected chi connectivity index (χ1v) is 6.87. The highest BCUT2D eigenvalue weighted by Crippen LogP contribution is 2.20. The summed E-state index contributed by atoms with van der Waals surface area (Å²) < 4.78 is 0. The molecule has 1 aromatic heterocycles. The molecule has 2 rings (SSSR count). The molecule has 1 unspecified atom stereocenters. The van der Waals surface area contributed by atoms with E-state index in [1.807, 2.05) is 37.3 Å². The largest absolute Gasteiger partial charge is 0.368 e. The summed E-state index contributed by atoms with van der Waals surface area (Å²) in [5, 5.41) is 4.24. The van der Waals surface area contributed by atoms with Gasteiger partial charge in [0.25, 0.3) is 0 Å². The number of nitrogens with two attached hydrogens (primary N) is 1. The number of primary amides is 1. The normalized spacial score (nSPS) is 12.8. The molecule has 0 bridgehead atoms. The van der Waals surface area contributed by atoms with Crippen molar-refractivity contribution < 1.29 is 4.79 Å². The van der Waals surface area contributed by atoms with Gasteiger partial charge in [0, 0.05) is 11.1 Å². The second kappa shape index (κ2) is 6.01. The molecule has 0 aliphatic heterocycles. The van der Waals surface area contributed by atoms with E-state index in [2.05, 4.69) is 24.1 Å². The van der Waals surface area contributed by atoms with Crippen LogP contribution >= 0.6 is 0 Å². The average Bonchev–Trinajstić information content (AvgIpc) is 2.38. The molecular formula is C16H21N3O. The SMILES string of the molecule is Cc1ccc2cc(C(NCC(C)C)C(N)=O)ccc2n1. The molecule has 0 radical (unpaired) electrons. The van der Waals surface area contributed by atoms with Crippen LogP contribution in [0.1, 0.15) is 31.1 Å². The minimum atomic E-state index is -0.455. The molecule has 0 aliphatic carbocycles. The van der Waals surface area contributed by atoms with Crippen LogP contribution in [0.25, 0.3) is 10.9 Å². The standard InChI is InChI=1S/C16H21N3O/c1-10(2)9-18-15(16(17)20)13-6-7-14-12(8-13)5-4-11(3)19-14/h4-8,10,15,18H,9H2,1-3H3,(H2,17,20). The number of rotatable bonds is 5. The average molecular weight is 271 g/mol. The zero-order chi connectivity index (χ0) is 14.7. The molecule has 0 saturated carbocycles. The third kappa shape index (κ3) is 3.33. The van der Waals surface area contributed by atoms with E-state index in [0.717, 1.165) is 28.7 Å². The van der Waals surface area contributed by atoms with Gasteiger partial charge in [0.05, 0.1) is 5.52 Å². The topological polar surface area (TPSA) is 68.0 Å². The van der Waals surface area contributed by atoms with E-state index in [0.29, 0.717) is 5.92 Å². The Kier molecular flexibility index (Phi) is 4.35. The van der Waals surface area contributed by atoms with Crippen LogP contribution in [-0.4, -0.2) is 17.4 Å². The van der Waals surface area contributed by atoms with Crippen LogP contribution in [0, 0.1) is 12.8 Å². The number of pyridine rings is 1. The van der Waals surface area contributed by atoms with Gasteiger partial charge in [0.1, 0.15) is 6.04 Å². The van der Waals surface area contributed by atoms with E-state index in [9.17, 15) is 4.79 Å². The first-order chi connectivity index (χ1) is 9.47. The lowest BCUT2D eigenvalue weighted by Gasteiger charge is -2.17. The monoisotopic (exact) mass is 271 g/mol. The molecule has 1 amide bonds. The van der Waals surface area contributed by atoms with E-state index in [1.165, 1.54) is 0 Å². The fourth-order valence-electron chi connectivity index (χ4n) is 2.16. The van der Waals surface area contributed by atoms with Gasteiger partial charge in [-0.2, -0.15) is 0 Å². The maximum Gasteiger partial charge on any atom is 0.239 e. The Morgan fingerprint density at radius 2 is 2.05 bits per heavy atom. The number of amides is 1. The van der Waals surface area contributed by atoms with Crippen molar-refractivity contribution in [2.45, 2.75) is 26.8 Å². The van der Waals surface area contributed by atoms with Gasteiger partial charge in [-0.25, -0.2) is 0 Å². The predicted octanol–water partition coefficient (Wildman–Crippen LogP) is 2.32. The van der Waals surface area contributed by atoms with Gasteiger partial charge >= 0.3 is 0 Å². The van der Waals surface area contributed by atoms with Crippen molar-refractivity contribution in [3.8, 4) is 0 Å². The predicted molar refractivity (Wildman–Crippen MR) is 81.3 cm³/mol. The molecule has 1 heterocycles. The van der Waals surface area contributed by atoms with Crippen LogP contribution in [-0.2, 0) is 4.79 Å². The number of fused-ring (bicyclic) bond motifs is 1. The molecule has 0 saturated heterocycles. The molecule has 106 valence electrons. The summed E-state index contributed by atoms with van der Waals surface area (Å²) in [4.78, 5) is 16.1. The molecular weight excluding hydrogens is 250 g/mol. The number of nitrogens with zero attached hydrogens (tertiary/aromatic N) is 1. The van der Waals surface area contributed by atoms with Crippen molar-refractivity contribution >= 4 is 16.8 Å². The first-order valence-electron chi connectivity index (χ1n) is 6.87. The van der Waals surface area contributed by atoms with Gasteiger partial charge in [-0.05, 0) is 43.1 Å². The Balaban J connectivity index is 2.33. The molecule has 20 heavy (non-hydrogen) atoms. The zero-order valence-corrected chi connectivity index (χ0v) is 12.2. The van der Waals surface area contributed by atoms with E-state index in [-0.39, 0.29) is 5.91 Å². The molecule has 4 nitrogen and oxygen atoms in total. The quantitative estimate of drug-likeness (QED) is 0.877. The lowest BCUT2D eigenvalue weighted by atomic mass is 10.0. The number of carbonyl (C=O) groups is 1. The number of hydrogen-bond acceptors (Lipinski definition) is 3. The summed E-state index contributed by atoms with van der Waals surface area (Å²) in [5.41, 5.74) is 8.30. The number of aryl methyl sites for hydroxylation is 1. The van der Waals surface area contributed by atoms with E-state index >= 15 is 0 Å². The van der Waals surface area contributed by atoms with Gasteiger partial charge in [-0.15, -0.1) is 0 Å². The van der Waals surface area contributed by atoms with E-state index < -0.39 is 6.04 Å². The van der Waals surface area contributed by atoms with E-state index in [4.69, 9.17) is 5.73 Å². The minimum Gasteiger partial charge on any atom is -0.368 e. The molecule has 3 N–H and O–H groups in total. The zero-order valence-electron chi connectivity index (χ0n) is 12.2. The van der Waals surface area contributed by atoms with Crippen molar-refractivity contribution in [2.75, 3.05) is 6.54 Å². The smallest absolute Gasteiger partial charge is 0.239 e. The second-order valence-electron chi connectivity index (χ2n) is 5.54. The number of carbonyl (C=O) groups excluding carboxylic acids is 1. The highest BCUT2D eigenvalue weighted by Gasteiger charge is 2.17. The molecule has 0 spiro atoms. The van der Waals surface area contributed by atoms with Crippen LogP contribution in [0.15, 0.2) is 30.3 Å². The molecule has 0 aliphatic rings. The van der Waals surface area contributed by atoms with Crippen LogP contribution in [0.5, 0.6) is 0 Å². The lowest BCUT2D eigenvalue weighted by molar-refractivity contribution is -0.120. The summed E-state index contributed by atoms with van der Waals surface area (Å²) >= 11 is 0. The van der Waals surface area contributed by atoms with Crippen molar-refractivity contribution in [3.63, 3.8) is 0 Å². The van der Waals surface area contributed by atoms with Crippen molar-refractivity contribution in [1.29, 1.82) is 0 Å².